The van der Waals surface area contributed by atoms with E-state index in [2.05, 4.69) is 11.6 Å². The van der Waals surface area contributed by atoms with Crippen molar-refractivity contribution in [2.45, 2.75) is 11.4 Å². The van der Waals surface area contributed by atoms with E-state index in [4.69, 9.17) is 9.47 Å². The van der Waals surface area contributed by atoms with Crippen molar-refractivity contribution < 1.29 is 14.3 Å². The predicted octanol–water partition coefficient (Wildman–Crippen LogP) is 4.12. The summed E-state index contributed by atoms with van der Waals surface area (Å²) >= 11 is 3.00. The standard InChI is InChI=1S/C20H18N2O3S2/c1-3-8-22-14-11-15-16(25-10-9-24-15)12-18(14)27-20(22)21-19(23)13-6-4-5-7-17(13)26-2/h3-7,11-12H,1,8-10H2,2H3. The fraction of sp³-hybridized carbons (Fsp3) is 0.200. The van der Waals surface area contributed by atoms with Crippen LogP contribution >= 0.6 is 23.1 Å². The van der Waals surface area contributed by atoms with Gasteiger partial charge in [-0.15, -0.1) is 18.3 Å². The van der Waals surface area contributed by atoms with Gasteiger partial charge in [-0.05, 0) is 18.4 Å². The van der Waals surface area contributed by atoms with E-state index in [1.165, 1.54) is 23.1 Å². The minimum absolute atomic E-state index is 0.249. The first-order valence-electron chi connectivity index (χ1n) is 8.47. The molecule has 0 atom stereocenters. The fourth-order valence-corrected chi connectivity index (χ4v) is 4.60. The second-order valence-electron chi connectivity index (χ2n) is 5.86. The van der Waals surface area contributed by atoms with Gasteiger partial charge >= 0.3 is 0 Å². The summed E-state index contributed by atoms with van der Waals surface area (Å²) in [5.41, 5.74) is 1.56. The number of benzene rings is 2. The number of allylic oxidation sites excluding steroid dienone is 1. The second kappa shape index (κ2) is 7.62. The number of hydrogen-bond donors (Lipinski definition) is 0. The summed E-state index contributed by atoms with van der Waals surface area (Å²) in [5.74, 6) is 1.20. The Morgan fingerprint density at radius 3 is 2.78 bits per heavy atom. The van der Waals surface area contributed by atoms with E-state index in [1.807, 2.05) is 47.2 Å². The van der Waals surface area contributed by atoms with Crippen molar-refractivity contribution in [2.75, 3.05) is 19.5 Å². The van der Waals surface area contributed by atoms with E-state index in [9.17, 15) is 4.79 Å². The molecule has 1 aliphatic heterocycles. The Labute approximate surface area is 165 Å². The number of carbonyl (C=O) groups excluding carboxylic acids is 1. The molecule has 0 radical (unpaired) electrons. The first-order chi connectivity index (χ1) is 13.2. The van der Waals surface area contributed by atoms with E-state index in [0.29, 0.717) is 30.1 Å². The van der Waals surface area contributed by atoms with Gasteiger partial charge in [0.25, 0.3) is 5.91 Å². The highest BCUT2D eigenvalue weighted by Crippen LogP contribution is 2.35. The molecule has 5 nitrogen and oxygen atoms in total. The normalized spacial score (nSPS) is 13.7. The van der Waals surface area contributed by atoms with Crippen molar-refractivity contribution in [3.63, 3.8) is 0 Å². The van der Waals surface area contributed by atoms with Crippen LogP contribution in [0.2, 0.25) is 0 Å². The fourth-order valence-electron chi connectivity index (χ4n) is 2.97. The van der Waals surface area contributed by atoms with Gasteiger partial charge < -0.3 is 14.0 Å². The minimum atomic E-state index is -0.249. The molecular formula is C20H18N2O3S2. The minimum Gasteiger partial charge on any atom is -0.486 e. The lowest BCUT2D eigenvalue weighted by atomic mass is 10.2. The predicted molar refractivity (Wildman–Crippen MR) is 109 cm³/mol. The molecule has 0 spiro atoms. The van der Waals surface area contributed by atoms with Crippen molar-refractivity contribution in [2.24, 2.45) is 4.99 Å². The lowest BCUT2D eigenvalue weighted by Crippen LogP contribution is -2.17. The first kappa shape index (κ1) is 17.9. The zero-order valence-electron chi connectivity index (χ0n) is 14.8. The van der Waals surface area contributed by atoms with Crippen LogP contribution in [0.3, 0.4) is 0 Å². The Bertz CT molecular complexity index is 1100. The number of fused-ring (bicyclic) bond motifs is 2. The maximum absolute atomic E-state index is 12.8. The zero-order valence-corrected chi connectivity index (χ0v) is 16.4. The number of nitrogens with zero attached hydrogens (tertiary/aromatic N) is 2. The van der Waals surface area contributed by atoms with E-state index in [0.717, 1.165) is 26.6 Å². The molecule has 1 amide bonds. The van der Waals surface area contributed by atoms with Crippen LogP contribution in [0, 0.1) is 0 Å². The van der Waals surface area contributed by atoms with Crippen LogP contribution in [-0.4, -0.2) is 29.9 Å². The molecule has 1 aliphatic rings. The van der Waals surface area contributed by atoms with Crippen LogP contribution in [0.25, 0.3) is 10.2 Å². The maximum Gasteiger partial charge on any atom is 0.280 e. The molecule has 0 aliphatic carbocycles. The van der Waals surface area contributed by atoms with Crippen molar-refractivity contribution in [3.8, 4) is 11.5 Å². The molecule has 0 N–H and O–H groups in total. The number of aromatic nitrogens is 1. The van der Waals surface area contributed by atoms with Gasteiger partial charge in [0.2, 0.25) is 0 Å². The number of ether oxygens (including phenoxy) is 2. The summed E-state index contributed by atoms with van der Waals surface area (Å²) < 4.78 is 14.3. The molecule has 0 fully saturated rings. The van der Waals surface area contributed by atoms with E-state index in [-0.39, 0.29) is 5.91 Å². The molecule has 4 rings (SSSR count). The summed E-state index contributed by atoms with van der Waals surface area (Å²) in [6, 6.07) is 11.4. The smallest absolute Gasteiger partial charge is 0.280 e. The second-order valence-corrected chi connectivity index (χ2v) is 7.72. The Morgan fingerprint density at radius 1 is 1.30 bits per heavy atom. The molecular weight excluding hydrogens is 380 g/mol. The van der Waals surface area contributed by atoms with Gasteiger partial charge in [-0.3, -0.25) is 4.79 Å². The lowest BCUT2D eigenvalue weighted by Gasteiger charge is -2.18. The molecule has 0 saturated heterocycles. The highest BCUT2D eigenvalue weighted by atomic mass is 32.2. The van der Waals surface area contributed by atoms with Crippen LogP contribution in [0.5, 0.6) is 11.5 Å². The molecule has 27 heavy (non-hydrogen) atoms. The molecule has 7 heteroatoms. The number of rotatable bonds is 4. The monoisotopic (exact) mass is 398 g/mol. The molecule has 2 heterocycles. The van der Waals surface area contributed by atoms with Gasteiger partial charge in [0, 0.05) is 23.6 Å². The van der Waals surface area contributed by atoms with E-state index >= 15 is 0 Å². The van der Waals surface area contributed by atoms with Crippen LogP contribution in [0.4, 0.5) is 0 Å². The number of carbonyl (C=O) groups is 1. The Hall–Kier alpha value is -2.51. The van der Waals surface area contributed by atoms with Crippen molar-refractivity contribution in [1.82, 2.24) is 4.57 Å². The van der Waals surface area contributed by atoms with Crippen LogP contribution in [-0.2, 0) is 6.54 Å². The molecule has 1 aromatic heterocycles. The van der Waals surface area contributed by atoms with Gasteiger partial charge in [-0.2, -0.15) is 4.99 Å². The molecule has 2 aromatic carbocycles. The summed E-state index contributed by atoms with van der Waals surface area (Å²) in [6.45, 7) is 5.46. The number of hydrogen-bond acceptors (Lipinski definition) is 5. The highest BCUT2D eigenvalue weighted by molar-refractivity contribution is 7.98. The van der Waals surface area contributed by atoms with Gasteiger partial charge in [0.05, 0.1) is 15.8 Å². The SMILES string of the molecule is C=CCn1c(=NC(=O)c2ccccc2SC)sc2cc3c(cc21)OCCO3. The summed E-state index contributed by atoms with van der Waals surface area (Å²) in [4.78, 5) is 18.8. The molecule has 3 aromatic rings. The average Bonchev–Trinajstić information content (AvgIpc) is 3.02. The molecule has 0 bridgehead atoms. The van der Waals surface area contributed by atoms with Gasteiger partial charge in [-0.25, -0.2) is 0 Å². The van der Waals surface area contributed by atoms with Crippen LogP contribution in [0.15, 0.2) is 58.9 Å². The van der Waals surface area contributed by atoms with Crippen molar-refractivity contribution >= 4 is 39.2 Å². The third kappa shape index (κ3) is 3.40. The third-order valence-electron chi connectivity index (χ3n) is 4.19. The molecule has 0 saturated carbocycles. The van der Waals surface area contributed by atoms with E-state index < -0.39 is 0 Å². The summed E-state index contributed by atoms with van der Waals surface area (Å²) in [5, 5.41) is 0. The summed E-state index contributed by atoms with van der Waals surface area (Å²) in [6.07, 6.45) is 3.75. The Balaban J connectivity index is 1.87. The topological polar surface area (TPSA) is 52.8 Å². The average molecular weight is 399 g/mol. The quantitative estimate of drug-likeness (QED) is 0.490. The molecule has 0 unspecified atom stereocenters. The van der Waals surface area contributed by atoms with Crippen molar-refractivity contribution in [3.05, 3.63) is 59.4 Å². The van der Waals surface area contributed by atoms with Gasteiger partial charge in [-0.1, -0.05) is 29.5 Å². The Morgan fingerprint density at radius 2 is 2.04 bits per heavy atom. The largest absolute Gasteiger partial charge is 0.486 e. The summed E-state index contributed by atoms with van der Waals surface area (Å²) in [7, 11) is 0. The number of thiazole rings is 1. The van der Waals surface area contributed by atoms with Crippen molar-refractivity contribution in [1.29, 1.82) is 0 Å². The van der Waals surface area contributed by atoms with Gasteiger partial charge in [0.15, 0.2) is 16.3 Å². The van der Waals surface area contributed by atoms with E-state index in [1.54, 1.807) is 6.08 Å². The first-order valence-corrected chi connectivity index (χ1v) is 10.5. The Kier molecular flexibility index (Phi) is 5.05. The third-order valence-corrected chi connectivity index (χ3v) is 6.03. The number of thioether (sulfide) groups is 1. The van der Waals surface area contributed by atoms with Crippen LogP contribution < -0.4 is 14.3 Å². The van der Waals surface area contributed by atoms with Gasteiger partial charge in [0.1, 0.15) is 13.2 Å². The molecule has 138 valence electrons. The lowest BCUT2D eigenvalue weighted by molar-refractivity contribution is 0.0995. The zero-order chi connectivity index (χ0) is 18.8. The number of amides is 1. The highest BCUT2D eigenvalue weighted by Gasteiger charge is 2.17. The maximum atomic E-state index is 12.8. The van der Waals surface area contributed by atoms with Crippen LogP contribution in [0.1, 0.15) is 10.4 Å².